The fraction of sp³-hybridized carbons (Fsp3) is 0.562. The van der Waals surface area contributed by atoms with Gasteiger partial charge < -0.3 is 10.6 Å². The Hall–Kier alpha value is -2.09. The van der Waals surface area contributed by atoms with Crippen molar-refractivity contribution < 1.29 is 0 Å². The van der Waals surface area contributed by atoms with E-state index in [2.05, 4.69) is 42.1 Å². The first kappa shape index (κ1) is 15.4. The number of H-pyrrole nitrogens is 1. The molecule has 8 heteroatoms. The molecule has 3 N–H and O–H groups in total. The van der Waals surface area contributed by atoms with Crippen LogP contribution < -0.4 is 10.6 Å². The molecular weight excluding hydrogens is 322 g/mol. The van der Waals surface area contributed by atoms with Crippen LogP contribution in [0.1, 0.15) is 50.9 Å². The maximum absolute atomic E-state index is 5.71. The molecule has 3 aromatic heterocycles. The van der Waals surface area contributed by atoms with E-state index in [1.54, 1.807) is 11.3 Å². The molecular formula is C16H23N7S. The van der Waals surface area contributed by atoms with Gasteiger partial charge in [-0.2, -0.15) is 5.10 Å². The molecule has 0 amide bonds. The highest BCUT2D eigenvalue weighted by Gasteiger charge is 2.25. The van der Waals surface area contributed by atoms with Crippen molar-refractivity contribution in [3.05, 3.63) is 23.7 Å². The number of imidazole rings is 1. The van der Waals surface area contributed by atoms with Crippen molar-refractivity contribution in [3.8, 4) is 0 Å². The van der Waals surface area contributed by atoms with Crippen molar-refractivity contribution in [2.75, 3.05) is 23.7 Å². The van der Waals surface area contributed by atoms with E-state index in [0.717, 1.165) is 47.4 Å². The minimum absolute atomic E-state index is 0.0534. The molecule has 0 bridgehead atoms. The van der Waals surface area contributed by atoms with Crippen LogP contribution in [0, 0.1) is 0 Å². The molecule has 1 fully saturated rings. The van der Waals surface area contributed by atoms with Gasteiger partial charge in [-0.15, -0.1) is 5.10 Å². The predicted octanol–water partition coefficient (Wildman–Crippen LogP) is 2.78. The zero-order valence-corrected chi connectivity index (χ0v) is 15.1. The van der Waals surface area contributed by atoms with Crippen molar-refractivity contribution in [2.24, 2.45) is 0 Å². The first-order valence-electron chi connectivity index (χ1n) is 8.32. The number of hydrogen-bond donors (Lipinski definition) is 2. The molecule has 3 aromatic rings. The third kappa shape index (κ3) is 2.75. The average Bonchev–Trinajstić information content (AvgIpc) is 3.20. The fourth-order valence-electron chi connectivity index (χ4n) is 3.12. The summed E-state index contributed by atoms with van der Waals surface area (Å²) in [4.78, 5) is 8.05. The van der Waals surface area contributed by atoms with E-state index >= 15 is 0 Å². The molecule has 4 rings (SSSR count). The standard InChI is InChI=1S/C16H23N7S/c1-16(2,3)12-9-23-14(18-12)24-15(21-23)22-6-4-10(5-7-22)11-8-13(17)20-19-11/h8-10H,4-7H2,1-3H3,(H3,17,19,20). The predicted molar refractivity (Wildman–Crippen MR) is 96.8 cm³/mol. The number of nitrogen functional groups attached to an aromatic ring is 1. The second-order valence-corrected chi connectivity index (χ2v) is 8.43. The van der Waals surface area contributed by atoms with E-state index in [1.165, 1.54) is 0 Å². The molecule has 7 nitrogen and oxygen atoms in total. The Morgan fingerprint density at radius 3 is 2.62 bits per heavy atom. The second kappa shape index (κ2) is 5.47. The van der Waals surface area contributed by atoms with Gasteiger partial charge in [-0.25, -0.2) is 9.50 Å². The zero-order valence-electron chi connectivity index (χ0n) is 14.3. The monoisotopic (exact) mass is 345 g/mol. The van der Waals surface area contributed by atoms with Crippen molar-refractivity contribution >= 4 is 27.2 Å². The fourth-order valence-corrected chi connectivity index (χ4v) is 4.06. The topological polar surface area (TPSA) is 88.1 Å². The van der Waals surface area contributed by atoms with Crippen LogP contribution in [0.4, 0.5) is 10.9 Å². The maximum Gasteiger partial charge on any atom is 0.214 e. The van der Waals surface area contributed by atoms with Crippen molar-refractivity contribution in [3.63, 3.8) is 0 Å². The summed E-state index contributed by atoms with van der Waals surface area (Å²) in [5.74, 6) is 1.07. The lowest BCUT2D eigenvalue weighted by molar-refractivity contribution is 0.494. The molecule has 4 heterocycles. The molecule has 0 saturated carbocycles. The van der Waals surface area contributed by atoms with Gasteiger partial charge in [0.15, 0.2) is 0 Å². The van der Waals surface area contributed by atoms with Crippen LogP contribution in [0.15, 0.2) is 12.3 Å². The van der Waals surface area contributed by atoms with E-state index in [1.807, 2.05) is 10.6 Å². The van der Waals surface area contributed by atoms with Crippen molar-refractivity contribution in [1.82, 2.24) is 24.8 Å². The number of aromatic amines is 1. The lowest BCUT2D eigenvalue weighted by Crippen LogP contribution is -2.33. The summed E-state index contributed by atoms with van der Waals surface area (Å²) in [6.07, 6.45) is 4.21. The highest BCUT2D eigenvalue weighted by atomic mass is 32.1. The normalized spacial score (nSPS) is 17.0. The Morgan fingerprint density at radius 2 is 2.04 bits per heavy atom. The molecule has 0 unspecified atom stereocenters. The number of aromatic nitrogens is 5. The molecule has 128 valence electrons. The molecule has 1 aliphatic heterocycles. The number of fused-ring (bicyclic) bond motifs is 1. The summed E-state index contributed by atoms with van der Waals surface area (Å²) in [6.45, 7) is 8.51. The number of anilines is 2. The van der Waals surface area contributed by atoms with Gasteiger partial charge in [-0.1, -0.05) is 32.1 Å². The number of rotatable bonds is 2. The first-order valence-corrected chi connectivity index (χ1v) is 9.14. The van der Waals surface area contributed by atoms with Gasteiger partial charge in [-0.3, -0.25) is 5.10 Å². The minimum Gasteiger partial charge on any atom is -0.382 e. The lowest BCUT2D eigenvalue weighted by atomic mass is 9.93. The Labute approximate surface area is 144 Å². The van der Waals surface area contributed by atoms with E-state index < -0.39 is 0 Å². The van der Waals surface area contributed by atoms with Gasteiger partial charge >= 0.3 is 0 Å². The number of piperidine rings is 1. The summed E-state index contributed by atoms with van der Waals surface area (Å²) in [5.41, 5.74) is 8.00. The summed E-state index contributed by atoms with van der Waals surface area (Å²) < 4.78 is 1.92. The summed E-state index contributed by atoms with van der Waals surface area (Å²) in [6, 6.07) is 1.95. The van der Waals surface area contributed by atoms with Crippen LogP contribution in [0.3, 0.4) is 0 Å². The third-order valence-corrected chi connectivity index (χ3v) is 5.61. The van der Waals surface area contributed by atoms with Crippen molar-refractivity contribution in [1.29, 1.82) is 0 Å². The van der Waals surface area contributed by atoms with Gasteiger partial charge in [0.2, 0.25) is 10.1 Å². The number of nitrogens with zero attached hydrogens (tertiary/aromatic N) is 5. The van der Waals surface area contributed by atoms with E-state index in [9.17, 15) is 0 Å². The average molecular weight is 345 g/mol. The molecule has 1 saturated heterocycles. The SMILES string of the molecule is CC(C)(C)c1cn2nc(N3CCC(c4cc(N)n[nH]4)CC3)sc2n1. The van der Waals surface area contributed by atoms with Gasteiger partial charge in [0.05, 0.1) is 11.9 Å². The lowest BCUT2D eigenvalue weighted by Gasteiger charge is -2.30. The quantitative estimate of drug-likeness (QED) is 0.745. The zero-order chi connectivity index (χ0) is 16.9. The van der Waals surface area contributed by atoms with E-state index in [-0.39, 0.29) is 5.41 Å². The maximum atomic E-state index is 5.71. The highest BCUT2D eigenvalue weighted by molar-refractivity contribution is 7.20. The summed E-state index contributed by atoms with van der Waals surface area (Å²) in [7, 11) is 0. The van der Waals surface area contributed by atoms with Gasteiger partial charge in [-0.05, 0) is 12.8 Å². The molecule has 24 heavy (non-hydrogen) atoms. The molecule has 1 aliphatic rings. The third-order valence-electron chi connectivity index (χ3n) is 4.62. The molecule has 0 atom stereocenters. The van der Waals surface area contributed by atoms with Crippen LogP contribution in [0.25, 0.3) is 4.96 Å². The van der Waals surface area contributed by atoms with Crippen LogP contribution in [0.2, 0.25) is 0 Å². The molecule has 0 aliphatic carbocycles. The Balaban J connectivity index is 1.47. The summed E-state index contributed by atoms with van der Waals surface area (Å²) >= 11 is 1.67. The molecule has 0 radical (unpaired) electrons. The number of nitrogens with two attached hydrogens (primary N) is 1. The first-order chi connectivity index (χ1) is 11.4. The minimum atomic E-state index is 0.0534. The van der Waals surface area contributed by atoms with Gasteiger partial charge in [0.1, 0.15) is 5.82 Å². The van der Waals surface area contributed by atoms with Crippen LogP contribution in [0.5, 0.6) is 0 Å². The van der Waals surface area contributed by atoms with E-state index in [0.29, 0.717) is 11.7 Å². The van der Waals surface area contributed by atoms with Crippen LogP contribution in [-0.4, -0.2) is 37.9 Å². The molecule has 0 aromatic carbocycles. The smallest absolute Gasteiger partial charge is 0.214 e. The molecule has 0 spiro atoms. The van der Waals surface area contributed by atoms with Crippen molar-refractivity contribution in [2.45, 2.75) is 44.9 Å². The number of nitrogens with one attached hydrogen (secondary N) is 1. The Bertz CT molecular complexity index is 814. The van der Waals surface area contributed by atoms with Gasteiger partial charge in [0, 0.05) is 36.2 Å². The highest BCUT2D eigenvalue weighted by Crippen LogP contribution is 2.33. The Kier molecular flexibility index (Phi) is 3.52. The second-order valence-electron chi connectivity index (χ2n) is 7.50. The van der Waals surface area contributed by atoms with E-state index in [4.69, 9.17) is 15.8 Å². The van der Waals surface area contributed by atoms with Crippen LogP contribution >= 0.6 is 11.3 Å². The Morgan fingerprint density at radius 1 is 1.29 bits per heavy atom. The summed E-state index contributed by atoms with van der Waals surface area (Å²) in [5, 5.41) is 12.9. The van der Waals surface area contributed by atoms with Crippen LogP contribution in [-0.2, 0) is 5.41 Å². The number of hydrogen-bond acceptors (Lipinski definition) is 6. The largest absolute Gasteiger partial charge is 0.382 e. The van der Waals surface area contributed by atoms with Gasteiger partial charge in [0.25, 0.3) is 0 Å².